The van der Waals surface area contributed by atoms with Crippen LogP contribution in [0.5, 0.6) is 0 Å². The number of rotatable bonds is 3. The molecule has 1 aliphatic carbocycles. The van der Waals surface area contributed by atoms with Crippen LogP contribution in [-0.2, 0) is 16.1 Å². The molecule has 0 aliphatic heterocycles. The van der Waals surface area contributed by atoms with Crippen LogP contribution >= 0.6 is 0 Å². The molecular formula is C12H15NO2. The molecule has 0 spiro atoms. The molecule has 0 radical (unpaired) electrons. The average Bonchev–Trinajstić information content (AvgIpc) is 2.26. The number of ether oxygens (including phenoxy) is 1. The normalized spacial score (nSPS) is 24.3. The molecule has 1 aromatic rings. The van der Waals surface area contributed by atoms with Crippen LogP contribution in [0.1, 0.15) is 18.4 Å². The van der Waals surface area contributed by atoms with Crippen LogP contribution in [0.3, 0.4) is 0 Å². The Morgan fingerprint density at radius 1 is 1.33 bits per heavy atom. The highest BCUT2D eigenvalue weighted by molar-refractivity contribution is 5.74. The number of benzene rings is 1. The molecule has 1 aromatic carbocycles. The van der Waals surface area contributed by atoms with E-state index in [1.165, 1.54) is 0 Å². The Labute approximate surface area is 89.2 Å². The van der Waals surface area contributed by atoms with Crippen molar-refractivity contribution in [3.05, 3.63) is 35.9 Å². The molecule has 3 heteroatoms. The third-order valence-electron chi connectivity index (χ3n) is 2.85. The lowest BCUT2D eigenvalue weighted by Gasteiger charge is -2.31. The highest BCUT2D eigenvalue weighted by atomic mass is 16.5. The molecule has 0 bridgehead atoms. The van der Waals surface area contributed by atoms with Gasteiger partial charge in [0.15, 0.2) is 0 Å². The molecule has 1 unspecified atom stereocenters. The zero-order valence-electron chi connectivity index (χ0n) is 8.56. The summed E-state index contributed by atoms with van der Waals surface area (Å²) >= 11 is 0. The fourth-order valence-electron chi connectivity index (χ4n) is 1.65. The molecule has 0 aromatic heterocycles. The SMILES string of the molecule is NC1CC[C@@H]1C(=O)OCc1ccccc1. The second-order valence-electron chi connectivity index (χ2n) is 3.94. The van der Waals surface area contributed by atoms with Crippen molar-refractivity contribution in [1.29, 1.82) is 0 Å². The van der Waals surface area contributed by atoms with Crippen LogP contribution in [0.25, 0.3) is 0 Å². The third-order valence-corrected chi connectivity index (χ3v) is 2.85. The van der Waals surface area contributed by atoms with Gasteiger partial charge >= 0.3 is 5.97 Å². The predicted molar refractivity (Wildman–Crippen MR) is 56.9 cm³/mol. The monoisotopic (exact) mass is 205 g/mol. The molecule has 2 atom stereocenters. The lowest BCUT2D eigenvalue weighted by Crippen LogP contribution is -2.44. The first-order chi connectivity index (χ1) is 7.27. The first kappa shape index (κ1) is 10.2. The van der Waals surface area contributed by atoms with Crippen molar-refractivity contribution in [3.8, 4) is 0 Å². The number of carbonyl (C=O) groups is 1. The molecule has 0 saturated heterocycles. The van der Waals surface area contributed by atoms with Crippen LogP contribution in [0.4, 0.5) is 0 Å². The minimum Gasteiger partial charge on any atom is -0.461 e. The van der Waals surface area contributed by atoms with Gasteiger partial charge in [0.05, 0.1) is 5.92 Å². The van der Waals surface area contributed by atoms with E-state index < -0.39 is 0 Å². The smallest absolute Gasteiger partial charge is 0.310 e. The summed E-state index contributed by atoms with van der Waals surface area (Å²) in [6.07, 6.45) is 1.81. The van der Waals surface area contributed by atoms with Gasteiger partial charge in [-0.15, -0.1) is 0 Å². The van der Waals surface area contributed by atoms with Gasteiger partial charge in [-0.05, 0) is 18.4 Å². The largest absolute Gasteiger partial charge is 0.461 e. The van der Waals surface area contributed by atoms with Crippen molar-refractivity contribution in [2.45, 2.75) is 25.5 Å². The maximum absolute atomic E-state index is 11.5. The van der Waals surface area contributed by atoms with E-state index in [9.17, 15) is 4.79 Å². The van der Waals surface area contributed by atoms with Gasteiger partial charge in [0.2, 0.25) is 0 Å². The quantitative estimate of drug-likeness (QED) is 0.760. The van der Waals surface area contributed by atoms with Gasteiger partial charge < -0.3 is 10.5 Å². The van der Waals surface area contributed by atoms with Crippen molar-refractivity contribution in [2.75, 3.05) is 0 Å². The van der Waals surface area contributed by atoms with Gasteiger partial charge in [0.1, 0.15) is 6.61 Å². The van der Waals surface area contributed by atoms with E-state index in [-0.39, 0.29) is 17.9 Å². The average molecular weight is 205 g/mol. The third kappa shape index (κ3) is 2.36. The summed E-state index contributed by atoms with van der Waals surface area (Å²) in [5, 5.41) is 0. The lowest BCUT2D eigenvalue weighted by atomic mass is 9.80. The maximum atomic E-state index is 11.5. The van der Waals surface area contributed by atoms with Gasteiger partial charge in [0.25, 0.3) is 0 Å². The number of nitrogens with two attached hydrogens (primary N) is 1. The molecular weight excluding hydrogens is 190 g/mol. The highest BCUT2D eigenvalue weighted by Crippen LogP contribution is 2.26. The van der Waals surface area contributed by atoms with Crippen molar-refractivity contribution in [3.63, 3.8) is 0 Å². The Bertz CT molecular complexity index is 337. The van der Waals surface area contributed by atoms with E-state index in [1.807, 2.05) is 30.3 Å². The summed E-state index contributed by atoms with van der Waals surface area (Å²) in [6, 6.07) is 9.68. The summed E-state index contributed by atoms with van der Waals surface area (Å²) < 4.78 is 5.18. The topological polar surface area (TPSA) is 52.3 Å². The summed E-state index contributed by atoms with van der Waals surface area (Å²) in [4.78, 5) is 11.5. The van der Waals surface area contributed by atoms with Gasteiger partial charge in [-0.2, -0.15) is 0 Å². The van der Waals surface area contributed by atoms with Crippen LogP contribution < -0.4 is 5.73 Å². The minimum atomic E-state index is -0.155. The van der Waals surface area contributed by atoms with Gasteiger partial charge in [-0.3, -0.25) is 4.79 Å². The number of carbonyl (C=O) groups excluding carboxylic acids is 1. The van der Waals surface area contributed by atoms with Crippen LogP contribution in [0.2, 0.25) is 0 Å². The molecule has 15 heavy (non-hydrogen) atoms. The molecule has 1 saturated carbocycles. The van der Waals surface area contributed by atoms with E-state index in [1.54, 1.807) is 0 Å². The number of esters is 1. The van der Waals surface area contributed by atoms with Gasteiger partial charge in [0, 0.05) is 6.04 Å². The zero-order chi connectivity index (χ0) is 10.7. The predicted octanol–water partition coefficient (Wildman–Crippen LogP) is 1.47. The van der Waals surface area contributed by atoms with E-state index in [0.29, 0.717) is 6.61 Å². The second-order valence-corrected chi connectivity index (χ2v) is 3.94. The first-order valence-electron chi connectivity index (χ1n) is 5.23. The van der Waals surface area contributed by atoms with Crippen LogP contribution in [0.15, 0.2) is 30.3 Å². The van der Waals surface area contributed by atoms with E-state index in [0.717, 1.165) is 18.4 Å². The van der Waals surface area contributed by atoms with Crippen molar-refractivity contribution >= 4 is 5.97 Å². The van der Waals surface area contributed by atoms with Gasteiger partial charge in [-0.25, -0.2) is 0 Å². The van der Waals surface area contributed by atoms with E-state index in [4.69, 9.17) is 10.5 Å². The molecule has 1 fully saturated rings. The highest BCUT2D eigenvalue weighted by Gasteiger charge is 2.34. The Hall–Kier alpha value is -1.35. The Morgan fingerprint density at radius 2 is 2.07 bits per heavy atom. The Kier molecular flexibility index (Phi) is 3.02. The lowest BCUT2D eigenvalue weighted by molar-refractivity contribution is -0.153. The zero-order valence-corrected chi connectivity index (χ0v) is 8.56. The Balaban J connectivity index is 1.81. The second kappa shape index (κ2) is 4.45. The van der Waals surface area contributed by atoms with Crippen molar-refractivity contribution in [1.82, 2.24) is 0 Å². The molecule has 2 rings (SSSR count). The molecule has 1 aliphatic rings. The number of hydrogen-bond acceptors (Lipinski definition) is 3. The summed E-state index contributed by atoms with van der Waals surface area (Å²) in [5.41, 5.74) is 6.70. The van der Waals surface area contributed by atoms with Crippen LogP contribution in [-0.4, -0.2) is 12.0 Å². The molecule has 0 amide bonds. The standard InChI is InChI=1S/C12H15NO2/c13-11-7-6-10(11)12(14)15-8-9-4-2-1-3-5-9/h1-5,10-11H,6-8,13H2/t10-,11?/m0/s1. The summed E-state index contributed by atoms with van der Waals surface area (Å²) in [5.74, 6) is -0.230. The maximum Gasteiger partial charge on any atom is 0.310 e. The summed E-state index contributed by atoms with van der Waals surface area (Å²) in [7, 11) is 0. The first-order valence-corrected chi connectivity index (χ1v) is 5.23. The molecule has 0 heterocycles. The van der Waals surface area contributed by atoms with Gasteiger partial charge in [-0.1, -0.05) is 30.3 Å². The molecule has 3 nitrogen and oxygen atoms in total. The van der Waals surface area contributed by atoms with E-state index in [2.05, 4.69) is 0 Å². The van der Waals surface area contributed by atoms with Crippen LogP contribution in [0, 0.1) is 5.92 Å². The Morgan fingerprint density at radius 3 is 2.60 bits per heavy atom. The summed E-state index contributed by atoms with van der Waals surface area (Å²) in [6.45, 7) is 0.350. The minimum absolute atomic E-state index is 0.00766. The van der Waals surface area contributed by atoms with Crippen molar-refractivity contribution in [2.24, 2.45) is 11.7 Å². The van der Waals surface area contributed by atoms with E-state index >= 15 is 0 Å². The molecule has 80 valence electrons. The fraction of sp³-hybridized carbons (Fsp3) is 0.417. The molecule has 2 N–H and O–H groups in total. The van der Waals surface area contributed by atoms with Crippen molar-refractivity contribution < 1.29 is 9.53 Å². The fourth-order valence-corrected chi connectivity index (χ4v) is 1.65. The number of hydrogen-bond donors (Lipinski definition) is 1.